The lowest BCUT2D eigenvalue weighted by Crippen LogP contribution is -2.13. The molecule has 160 valence electrons. The van der Waals surface area contributed by atoms with Gasteiger partial charge in [-0.2, -0.15) is 0 Å². The molecule has 0 saturated heterocycles. The van der Waals surface area contributed by atoms with Gasteiger partial charge in [-0.1, -0.05) is 51.1 Å². The number of nitrogens with zero attached hydrogens (tertiary/aromatic N) is 2. The first kappa shape index (κ1) is 22.1. The number of ether oxygens (including phenoxy) is 1. The lowest BCUT2D eigenvalue weighted by atomic mass is 9.86. The molecule has 0 spiro atoms. The van der Waals surface area contributed by atoms with Gasteiger partial charge in [-0.05, 0) is 47.4 Å². The fourth-order valence-corrected chi connectivity index (χ4v) is 3.08. The highest BCUT2D eigenvalue weighted by molar-refractivity contribution is 6.02. The lowest BCUT2D eigenvalue weighted by molar-refractivity contribution is -0.111. The molecule has 0 unspecified atom stereocenters. The van der Waals surface area contributed by atoms with Gasteiger partial charge in [-0.3, -0.25) is 4.79 Å². The van der Waals surface area contributed by atoms with Crippen LogP contribution in [0.25, 0.3) is 6.08 Å². The van der Waals surface area contributed by atoms with Gasteiger partial charge in [-0.15, -0.1) is 0 Å². The topological polar surface area (TPSA) is 54.5 Å². The summed E-state index contributed by atoms with van der Waals surface area (Å²) in [5.74, 6) is 0.829. The maximum Gasteiger partial charge on any atom is 0.248 e. The molecule has 31 heavy (non-hydrogen) atoms. The maximum absolute atomic E-state index is 12.5. The number of aromatic nitrogens is 1. The predicted molar refractivity (Wildman–Crippen MR) is 128 cm³/mol. The Bertz CT molecular complexity index is 1060. The van der Waals surface area contributed by atoms with Crippen molar-refractivity contribution in [2.45, 2.75) is 26.2 Å². The molecule has 0 saturated carbocycles. The van der Waals surface area contributed by atoms with Crippen molar-refractivity contribution in [1.82, 2.24) is 4.98 Å². The minimum absolute atomic E-state index is 0.0837. The first-order valence-corrected chi connectivity index (χ1v) is 10.2. The Balaban J connectivity index is 1.75. The third kappa shape index (κ3) is 5.95. The van der Waals surface area contributed by atoms with Crippen LogP contribution >= 0.6 is 0 Å². The minimum Gasteiger partial charge on any atom is -0.437 e. The number of para-hydroxylation sites is 1. The maximum atomic E-state index is 12.5. The molecular formula is C26H29N3O2. The van der Waals surface area contributed by atoms with Crippen molar-refractivity contribution in [2.24, 2.45) is 0 Å². The molecule has 3 rings (SSSR count). The molecule has 0 fully saturated rings. The van der Waals surface area contributed by atoms with Gasteiger partial charge in [0.25, 0.3) is 0 Å². The number of benzene rings is 2. The monoisotopic (exact) mass is 415 g/mol. The molecule has 0 aliphatic heterocycles. The van der Waals surface area contributed by atoms with Crippen molar-refractivity contribution >= 4 is 23.4 Å². The molecule has 5 nitrogen and oxygen atoms in total. The zero-order valence-electron chi connectivity index (χ0n) is 18.7. The largest absolute Gasteiger partial charge is 0.437 e. The molecule has 1 N–H and O–H groups in total. The van der Waals surface area contributed by atoms with Gasteiger partial charge in [0.1, 0.15) is 11.4 Å². The number of hydrogen-bond donors (Lipinski definition) is 1. The van der Waals surface area contributed by atoms with E-state index < -0.39 is 0 Å². The van der Waals surface area contributed by atoms with E-state index in [1.54, 1.807) is 24.4 Å². The van der Waals surface area contributed by atoms with E-state index in [2.05, 4.69) is 31.1 Å². The smallest absolute Gasteiger partial charge is 0.248 e. The normalized spacial score (nSPS) is 11.4. The molecule has 0 aliphatic rings. The summed E-state index contributed by atoms with van der Waals surface area (Å²) >= 11 is 0. The number of nitrogens with one attached hydrogen (secondary N) is 1. The van der Waals surface area contributed by atoms with Gasteiger partial charge in [-0.25, -0.2) is 4.98 Å². The fraction of sp³-hybridized carbons (Fsp3) is 0.231. The number of hydrogen-bond acceptors (Lipinski definition) is 4. The van der Waals surface area contributed by atoms with Crippen LogP contribution in [0, 0.1) is 0 Å². The molecule has 0 aliphatic carbocycles. The van der Waals surface area contributed by atoms with E-state index in [1.165, 1.54) is 6.08 Å². The summed E-state index contributed by atoms with van der Waals surface area (Å²) in [6.45, 7) is 6.39. The van der Waals surface area contributed by atoms with Crippen molar-refractivity contribution in [3.05, 3.63) is 84.1 Å². The molecule has 3 aromatic rings. The zero-order chi connectivity index (χ0) is 22.4. The van der Waals surface area contributed by atoms with Crippen LogP contribution in [0.15, 0.2) is 72.9 Å². The first-order chi connectivity index (χ1) is 14.7. The molecule has 0 radical (unpaired) electrons. The van der Waals surface area contributed by atoms with Gasteiger partial charge in [0.15, 0.2) is 0 Å². The highest BCUT2D eigenvalue weighted by atomic mass is 16.5. The third-order valence-electron chi connectivity index (χ3n) is 4.77. The van der Waals surface area contributed by atoms with Crippen LogP contribution in [0.1, 0.15) is 31.9 Å². The van der Waals surface area contributed by atoms with Gasteiger partial charge in [0.05, 0.1) is 0 Å². The van der Waals surface area contributed by atoms with Gasteiger partial charge in [0, 0.05) is 37.6 Å². The molecule has 2 aromatic carbocycles. The van der Waals surface area contributed by atoms with E-state index >= 15 is 0 Å². The third-order valence-corrected chi connectivity index (χ3v) is 4.77. The Morgan fingerprint density at radius 3 is 2.39 bits per heavy atom. The zero-order valence-corrected chi connectivity index (χ0v) is 18.7. The first-order valence-electron chi connectivity index (χ1n) is 10.2. The highest BCUT2D eigenvalue weighted by Gasteiger charge is 2.20. The number of anilines is 2. The average molecular weight is 416 g/mol. The van der Waals surface area contributed by atoms with E-state index in [9.17, 15) is 4.79 Å². The SMILES string of the molecule is CN(C)c1ccc(C=CC(=O)Nc2cccnc2Oc2ccccc2C(C)(C)C)cc1. The van der Waals surface area contributed by atoms with Crippen molar-refractivity contribution < 1.29 is 9.53 Å². The molecule has 0 atom stereocenters. The molecule has 1 aromatic heterocycles. The van der Waals surface area contributed by atoms with E-state index in [0.29, 0.717) is 11.6 Å². The van der Waals surface area contributed by atoms with Crippen LogP contribution in [0.4, 0.5) is 11.4 Å². The summed E-state index contributed by atoms with van der Waals surface area (Å²) in [5.41, 5.74) is 3.55. The summed E-state index contributed by atoms with van der Waals surface area (Å²) in [5, 5.41) is 2.87. The van der Waals surface area contributed by atoms with E-state index in [-0.39, 0.29) is 11.3 Å². The number of carbonyl (C=O) groups excluding carboxylic acids is 1. The summed E-state index contributed by atoms with van der Waals surface area (Å²) in [4.78, 5) is 18.9. The second-order valence-electron chi connectivity index (χ2n) is 8.51. The van der Waals surface area contributed by atoms with Crippen LogP contribution in [-0.4, -0.2) is 25.0 Å². The van der Waals surface area contributed by atoms with E-state index in [1.807, 2.05) is 67.5 Å². The number of rotatable bonds is 6. The Labute approximate surface area is 184 Å². The predicted octanol–water partition coefficient (Wildman–Crippen LogP) is 5.89. The molecule has 1 amide bonds. The van der Waals surface area contributed by atoms with Crippen LogP contribution in [0.3, 0.4) is 0 Å². The molecule has 0 bridgehead atoms. The highest BCUT2D eigenvalue weighted by Crippen LogP contribution is 2.35. The van der Waals surface area contributed by atoms with Crippen molar-refractivity contribution in [3.8, 4) is 11.6 Å². The number of carbonyl (C=O) groups is 1. The van der Waals surface area contributed by atoms with Crippen molar-refractivity contribution in [1.29, 1.82) is 0 Å². The standard InChI is InChI=1S/C26H29N3O2/c1-26(2,3)21-9-6-7-11-23(21)31-25-22(10-8-18-27-25)28-24(30)17-14-19-12-15-20(16-13-19)29(4)5/h6-18H,1-5H3,(H,28,30). The van der Waals surface area contributed by atoms with Crippen LogP contribution in [0.5, 0.6) is 11.6 Å². The van der Waals surface area contributed by atoms with E-state index in [0.717, 1.165) is 22.6 Å². The van der Waals surface area contributed by atoms with Gasteiger partial charge in [0.2, 0.25) is 11.8 Å². The van der Waals surface area contributed by atoms with Crippen molar-refractivity contribution in [2.75, 3.05) is 24.3 Å². The molecule has 5 heteroatoms. The number of amides is 1. The van der Waals surface area contributed by atoms with Gasteiger partial charge < -0.3 is 15.0 Å². The van der Waals surface area contributed by atoms with Crippen LogP contribution < -0.4 is 15.0 Å². The minimum atomic E-state index is -0.251. The van der Waals surface area contributed by atoms with Crippen LogP contribution in [-0.2, 0) is 10.2 Å². The molecule has 1 heterocycles. The number of pyridine rings is 1. The quantitative estimate of drug-likeness (QED) is 0.510. The summed E-state index contributed by atoms with van der Waals surface area (Å²) in [7, 11) is 3.98. The lowest BCUT2D eigenvalue weighted by Gasteiger charge is -2.22. The van der Waals surface area contributed by atoms with E-state index in [4.69, 9.17) is 4.74 Å². The van der Waals surface area contributed by atoms with Crippen LogP contribution in [0.2, 0.25) is 0 Å². The Kier molecular flexibility index (Phi) is 6.75. The summed E-state index contributed by atoms with van der Waals surface area (Å²) in [6.07, 6.45) is 4.93. The Morgan fingerprint density at radius 1 is 1.00 bits per heavy atom. The van der Waals surface area contributed by atoms with Crippen molar-refractivity contribution in [3.63, 3.8) is 0 Å². The second-order valence-corrected chi connectivity index (χ2v) is 8.51. The summed E-state index contributed by atoms with van der Waals surface area (Å²) < 4.78 is 6.11. The average Bonchev–Trinajstić information content (AvgIpc) is 2.73. The second kappa shape index (κ2) is 9.47. The Hall–Kier alpha value is -3.60. The summed E-state index contributed by atoms with van der Waals surface area (Å²) in [6, 6.07) is 19.4. The fourth-order valence-electron chi connectivity index (χ4n) is 3.08. The Morgan fingerprint density at radius 2 is 1.71 bits per heavy atom. The molecular weight excluding hydrogens is 386 g/mol. The van der Waals surface area contributed by atoms with Gasteiger partial charge >= 0.3 is 0 Å².